The minimum absolute atomic E-state index is 0.0591. The number of H-pyrrole nitrogens is 1. The van der Waals surface area contributed by atoms with Crippen LogP contribution in [0.2, 0.25) is 10.0 Å². The van der Waals surface area contributed by atoms with Gasteiger partial charge in [-0.3, -0.25) is 4.79 Å². The van der Waals surface area contributed by atoms with Gasteiger partial charge < -0.3 is 4.98 Å². The summed E-state index contributed by atoms with van der Waals surface area (Å²) in [5, 5.41) is 10.3. The summed E-state index contributed by atoms with van der Waals surface area (Å²) in [7, 11) is 0. The molecule has 1 heterocycles. The number of aromatic amines is 1. The first-order valence-electron chi connectivity index (χ1n) is 5.10. The molecule has 0 saturated carbocycles. The molecule has 0 aliphatic heterocycles. The molecule has 2 rings (SSSR count). The van der Waals surface area contributed by atoms with E-state index in [2.05, 4.69) is 9.97 Å². The quantitative estimate of drug-likeness (QED) is 0.682. The molecule has 0 amide bonds. The Morgan fingerprint density at radius 3 is 2.47 bits per heavy atom. The van der Waals surface area contributed by atoms with Crippen molar-refractivity contribution in [3.8, 4) is 17.3 Å². The van der Waals surface area contributed by atoms with Gasteiger partial charge in [-0.2, -0.15) is 5.26 Å². The molecule has 0 fully saturated rings. The second-order valence-electron chi connectivity index (χ2n) is 3.57. The fourth-order valence-corrected chi connectivity index (χ4v) is 2.46. The number of halogens is 2. The lowest BCUT2D eigenvalue weighted by atomic mass is 10.1. The summed E-state index contributed by atoms with van der Waals surface area (Å²) >= 11 is 13.1. The molecule has 0 bridgehead atoms. The molecule has 1 aromatic heterocycles. The van der Waals surface area contributed by atoms with Crippen molar-refractivity contribution in [1.29, 1.82) is 5.26 Å². The van der Waals surface area contributed by atoms with Crippen LogP contribution in [-0.2, 0) is 0 Å². The fraction of sp³-hybridized carbons (Fsp3) is 0.0833. The predicted octanol–water partition coefficient (Wildman–Crippen LogP) is 3.34. The lowest BCUT2D eigenvalue weighted by Crippen LogP contribution is -2.14. The van der Waals surface area contributed by atoms with Gasteiger partial charge in [-0.05, 0) is 24.5 Å². The second-order valence-corrected chi connectivity index (χ2v) is 5.24. The Bertz CT molecular complexity index is 716. The maximum Gasteiger partial charge on any atom is 0.270 e. The summed E-state index contributed by atoms with van der Waals surface area (Å²) in [6.07, 6.45) is 1.78. The topological polar surface area (TPSA) is 69.5 Å². The second kappa shape index (κ2) is 5.66. The van der Waals surface area contributed by atoms with E-state index in [1.54, 1.807) is 24.5 Å². The van der Waals surface area contributed by atoms with Crippen molar-refractivity contribution in [2.75, 3.05) is 6.26 Å². The van der Waals surface area contributed by atoms with Gasteiger partial charge in [-0.15, -0.1) is 0 Å². The Hall–Kier alpha value is -1.48. The highest BCUT2D eigenvalue weighted by molar-refractivity contribution is 7.98. The Labute approximate surface area is 123 Å². The van der Waals surface area contributed by atoms with Crippen LogP contribution in [0.1, 0.15) is 5.56 Å². The summed E-state index contributed by atoms with van der Waals surface area (Å²) in [5.41, 5.74) is 0.277. The normalized spacial score (nSPS) is 10.2. The van der Waals surface area contributed by atoms with Crippen LogP contribution in [0.25, 0.3) is 11.3 Å². The molecule has 2 aromatic rings. The largest absolute Gasteiger partial charge is 0.300 e. The molecule has 0 atom stereocenters. The number of nitriles is 1. The highest BCUT2D eigenvalue weighted by Crippen LogP contribution is 2.27. The number of hydrogen-bond acceptors (Lipinski definition) is 4. The fourth-order valence-electron chi connectivity index (χ4n) is 1.55. The molecule has 7 heteroatoms. The maximum absolute atomic E-state index is 11.8. The summed E-state index contributed by atoms with van der Waals surface area (Å²) < 4.78 is 0. The van der Waals surface area contributed by atoms with Gasteiger partial charge in [-0.25, -0.2) is 4.98 Å². The van der Waals surface area contributed by atoms with E-state index in [1.165, 1.54) is 11.8 Å². The van der Waals surface area contributed by atoms with E-state index in [1.807, 2.05) is 6.07 Å². The van der Waals surface area contributed by atoms with Crippen molar-refractivity contribution in [2.45, 2.75) is 5.16 Å². The standard InChI is InChI=1S/C12H7Cl2N3OS/c1-19-12-16-10(9(5-15)11(18)17-12)6-2-7(13)4-8(14)3-6/h2-4H,1H3,(H,16,17,18). The van der Waals surface area contributed by atoms with Crippen molar-refractivity contribution in [2.24, 2.45) is 0 Å². The zero-order valence-electron chi connectivity index (χ0n) is 9.70. The van der Waals surface area contributed by atoms with Crippen molar-refractivity contribution >= 4 is 35.0 Å². The van der Waals surface area contributed by atoms with Gasteiger partial charge in [0, 0.05) is 15.6 Å². The Morgan fingerprint density at radius 2 is 1.95 bits per heavy atom. The summed E-state index contributed by atoms with van der Waals surface area (Å²) in [5.74, 6) is 0. The number of rotatable bonds is 2. The molecule has 0 radical (unpaired) electrons. The van der Waals surface area contributed by atoms with Crippen molar-refractivity contribution < 1.29 is 0 Å². The van der Waals surface area contributed by atoms with Crippen LogP contribution >= 0.6 is 35.0 Å². The molecule has 19 heavy (non-hydrogen) atoms. The van der Waals surface area contributed by atoms with Gasteiger partial charge in [0.05, 0.1) is 5.69 Å². The van der Waals surface area contributed by atoms with Crippen LogP contribution in [-0.4, -0.2) is 16.2 Å². The maximum atomic E-state index is 11.8. The number of hydrogen-bond donors (Lipinski definition) is 1. The first-order chi connectivity index (χ1) is 9.05. The number of aromatic nitrogens is 2. The molecular weight excluding hydrogens is 305 g/mol. The predicted molar refractivity (Wildman–Crippen MR) is 76.8 cm³/mol. The lowest BCUT2D eigenvalue weighted by Gasteiger charge is -2.06. The smallest absolute Gasteiger partial charge is 0.270 e. The zero-order chi connectivity index (χ0) is 14.0. The van der Waals surface area contributed by atoms with Gasteiger partial charge >= 0.3 is 0 Å². The SMILES string of the molecule is CSc1nc(-c2cc(Cl)cc(Cl)c2)c(C#N)c(=O)[nH]1. The highest BCUT2D eigenvalue weighted by Gasteiger charge is 2.14. The van der Waals surface area contributed by atoms with Crippen LogP contribution < -0.4 is 5.56 Å². The van der Waals surface area contributed by atoms with Gasteiger partial charge in [0.2, 0.25) is 0 Å². The lowest BCUT2D eigenvalue weighted by molar-refractivity contribution is 0.937. The molecule has 0 spiro atoms. The minimum Gasteiger partial charge on any atom is -0.300 e. The van der Waals surface area contributed by atoms with E-state index in [0.717, 1.165) is 0 Å². The van der Waals surface area contributed by atoms with Crippen molar-refractivity contribution in [3.05, 3.63) is 44.2 Å². The number of nitrogens with one attached hydrogen (secondary N) is 1. The zero-order valence-corrected chi connectivity index (χ0v) is 12.0. The Balaban J connectivity index is 2.77. The molecular formula is C12H7Cl2N3OS. The first kappa shape index (κ1) is 13.9. The number of benzene rings is 1. The molecule has 96 valence electrons. The van der Waals surface area contributed by atoms with Gasteiger partial charge in [0.25, 0.3) is 5.56 Å². The molecule has 1 aromatic carbocycles. The number of thioether (sulfide) groups is 1. The van der Waals surface area contributed by atoms with Gasteiger partial charge in [-0.1, -0.05) is 35.0 Å². The van der Waals surface area contributed by atoms with E-state index < -0.39 is 5.56 Å². The minimum atomic E-state index is -0.479. The summed E-state index contributed by atoms with van der Waals surface area (Å²) in [6, 6.07) is 6.64. The third kappa shape index (κ3) is 2.92. The number of nitrogens with zero attached hydrogens (tertiary/aromatic N) is 2. The van der Waals surface area contributed by atoms with Gasteiger partial charge in [0.1, 0.15) is 11.6 Å². The van der Waals surface area contributed by atoms with Crippen LogP contribution in [0.5, 0.6) is 0 Å². The molecule has 0 saturated heterocycles. The van der Waals surface area contributed by atoms with Crippen molar-refractivity contribution in [3.63, 3.8) is 0 Å². The molecule has 0 aliphatic rings. The average molecular weight is 312 g/mol. The van der Waals surface area contributed by atoms with Gasteiger partial charge in [0.15, 0.2) is 5.16 Å². The van der Waals surface area contributed by atoms with Crippen LogP contribution in [0.4, 0.5) is 0 Å². The van der Waals surface area contributed by atoms with E-state index in [4.69, 9.17) is 28.5 Å². The van der Waals surface area contributed by atoms with E-state index >= 15 is 0 Å². The van der Waals surface area contributed by atoms with Crippen LogP contribution in [0, 0.1) is 11.3 Å². The molecule has 0 unspecified atom stereocenters. The van der Waals surface area contributed by atoms with Crippen LogP contribution in [0.15, 0.2) is 28.2 Å². The average Bonchev–Trinajstić information content (AvgIpc) is 2.36. The van der Waals surface area contributed by atoms with Crippen LogP contribution in [0.3, 0.4) is 0 Å². The summed E-state index contributed by atoms with van der Waals surface area (Å²) in [4.78, 5) is 18.6. The van der Waals surface area contributed by atoms with E-state index in [-0.39, 0.29) is 11.3 Å². The molecule has 4 nitrogen and oxygen atoms in total. The van der Waals surface area contributed by atoms with Crippen molar-refractivity contribution in [1.82, 2.24) is 9.97 Å². The molecule has 0 aliphatic carbocycles. The monoisotopic (exact) mass is 311 g/mol. The Kier molecular flexibility index (Phi) is 4.15. The molecule has 1 N–H and O–H groups in total. The first-order valence-corrected chi connectivity index (χ1v) is 7.08. The highest BCUT2D eigenvalue weighted by atomic mass is 35.5. The third-order valence-corrected chi connectivity index (χ3v) is 3.36. The summed E-state index contributed by atoms with van der Waals surface area (Å²) in [6.45, 7) is 0. The Morgan fingerprint density at radius 1 is 1.32 bits per heavy atom. The van der Waals surface area contributed by atoms with E-state index in [0.29, 0.717) is 20.8 Å². The van der Waals surface area contributed by atoms with E-state index in [9.17, 15) is 4.79 Å². The third-order valence-electron chi connectivity index (χ3n) is 2.34.